The molecule has 4 aliphatic rings. The average molecular weight is 1240 g/mol. The number of nitrogens with zero attached hydrogens (tertiary/aromatic N) is 5. The molecule has 4 aromatic carbocycles. The highest BCUT2D eigenvalue weighted by molar-refractivity contribution is 7.89. The Kier molecular flexibility index (Phi) is 16.9. The van der Waals surface area contributed by atoms with Gasteiger partial charge >= 0.3 is 6.09 Å². The number of hydrogen-bond acceptors (Lipinski definition) is 20. The van der Waals surface area contributed by atoms with Gasteiger partial charge in [-0.3, -0.25) is 4.90 Å². The number of fused-ring (bicyclic) bond motifs is 3. The first-order chi connectivity index (χ1) is 42.4. The summed E-state index contributed by atoms with van der Waals surface area (Å²) in [5.74, 6) is -0.604. The molecule has 2 N–H and O–H groups in total. The van der Waals surface area contributed by atoms with E-state index >= 15 is 21.6 Å². The van der Waals surface area contributed by atoms with Crippen molar-refractivity contribution < 1.29 is 82.7 Å². The van der Waals surface area contributed by atoms with E-state index in [1.807, 2.05) is 0 Å². The zero-order chi connectivity index (χ0) is 64.7. The maximum atomic E-state index is 16.1. The van der Waals surface area contributed by atoms with Crippen LogP contribution in [0.4, 0.5) is 4.79 Å². The Morgan fingerprint density at radius 3 is 1.55 bits per heavy atom. The van der Waals surface area contributed by atoms with Crippen LogP contribution in [-0.4, -0.2) is 146 Å². The molecule has 10 rings (SSSR count). The number of hydrogen-bond donors (Lipinski definition) is 2. The number of aliphatic hydroxyl groups excluding tert-OH is 2. The van der Waals surface area contributed by atoms with Gasteiger partial charge in [0.1, 0.15) is 30.7 Å². The molecule has 0 spiro atoms. The zero-order valence-electron chi connectivity index (χ0n) is 53.0. The number of benzene rings is 4. The Balaban J connectivity index is 1.13. The Labute approximate surface area is 506 Å². The average Bonchev–Trinajstić information content (AvgIpc) is 0.899. The monoisotopic (exact) mass is 1240 g/mol. The second-order valence-corrected chi connectivity index (χ2v) is 27.3. The van der Waals surface area contributed by atoms with Crippen LogP contribution in [0, 0.1) is 31.6 Å². The minimum atomic E-state index is -4.67. The molecule has 25 heteroatoms. The van der Waals surface area contributed by atoms with Crippen molar-refractivity contribution in [2.45, 2.75) is 120 Å². The molecular weight excluding hydrogens is 1160 g/mol. The summed E-state index contributed by atoms with van der Waals surface area (Å²) in [5.41, 5.74) is 0.292. The molecular formula is C59H71N5O16S4. The smallest absolute Gasteiger partial charge is 0.410 e. The summed E-state index contributed by atoms with van der Waals surface area (Å²) in [6.07, 6.45) is -9.31. The van der Waals surface area contributed by atoms with Crippen LogP contribution < -0.4 is 28.4 Å². The van der Waals surface area contributed by atoms with Gasteiger partial charge in [-0.1, -0.05) is 52.0 Å². The van der Waals surface area contributed by atoms with Gasteiger partial charge in [0.05, 0.1) is 82.8 Å². The molecule has 1 amide bonds. The van der Waals surface area contributed by atoms with Gasteiger partial charge in [-0.15, -0.1) is 22.7 Å². The Morgan fingerprint density at radius 1 is 0.667 bits per heavy atom. The molecule has 0 unspecified atom stereocenters. The molecule has 6 aromatic rings. The number of aliphatic hydroxyl groups is 2. The van der Waals surface area contributed by atoms with E-state index < -0.39 is 120 Å². The first-order valence-corrected chi connectivity index (χ1v) is 31.9. The highest BCUT2D eigenvalue weighted by Gasteiger charge is 2.48. The third kappa shape index (κ3) is 14.6. The standard InChI is InChI=1S/C59H71N5O16S4/c1-36(2)25-62(83(68,69)46-15-17-53-55(23-46)78-34-76-53)27-51(65)49(21-40-7-11-44(12-8-40)73-29-42-32-81-38(5)60-42)64(59(67)80-57-31-75-58-48(57)19-20-72-58)50(22-41-9-13-45(14-10-41)74-30-43-33-82-39(6)61-43)52(66)28-63(26-37(3)4)84(70,71)47-16-18-54-56(24-47)79-35-77-54/h7-18,23-24,32-33,36-37,48-52,57-58,65-66H,19-22,25-31,34-35H2,1-6H3/t48-,49-,50-,51+,52+,57-,58+/m0/s1/i29D2,30D2,49D,50D. The molecule has 84 heavy (non-hydrogen) atoms. The van der Waals surface area contributed by atoms with Gasteiger partial charge in [0.15, 0.2) is 29.3 Å². The molecule has 0 saturated carbocycles. The summed E-state index contributed by atoms with van der Waals surface area (Å²) < 4.78 is 171. The van der Waals surface area contributed by atoms with Crippen molar-refractivity contribution >= 4 is 48.8 Å². The quantitative estimate of drug-likeness (QED) is 0.0496. The number of amides is 1. The summed E-state index contributed by atoms with van der Waals surface area (Å²) in [6.45, 7) is 2.75. The fraction of sp³-hybridized carbons (Fsp3) is 0.475. The first kappa shape index (κ1) is 53.3. The lowest BCUT2D eigenvalue weighted by Crippen LogP contribution is -2.61. The number of aryl methyl sites for hydroxylation is 2. The number of ether oxygens (including phenoxy) is 9. The number of aromatic nitrogens is 2. The normalized spacial score (nSPS) is 20.9. The second kappa shape index (κ2) is 26.6. The van der Waals surface area contributed by atoms with Crippen LogP contribution in [0.5, 0.6) is 34.5 Å². The molecule has 0 aliphatic carbocycles. The second-order valence-electron chi connectivity index (χ2n) is 21.3. The lowest BCUT2D eigenvalue weighted by Gasteiger charge is -2.43. The Hall–Kier alpha value is -6.13. The number of thiazole rings is 2. The van der Waals surface area contributed by atoms with E-state index in [4.69, 9.17) is 48.1 Å². The van der Waals surface area contributed by atoms with Crippen LogP contribution >= 0.6 is 22.7 Å². The topological polar surface area (TPSA) is 244 Å². The summed E-state index contributed by atoms with van der Waals surface area (Å²) in [7, 11) is -9.34. The molecule has 21 nitrogen and oxygen atoms in total. The highest BCUT2D eigenvalue weighted by atomic mass is 32.2. The molecule has 2 aromatic heterocycles. The van der Waals surface area contributed by atoms with Crippen molar-refractivity contribution in [1.82, 2.24) is 23.5 Å². The predicted molar refractivity (Wildman–Crippen MR) is 310 cm³/mol. The molecule has 452 valence electrons. The van der Waals surface area contributed by atoms with Crippen molar-refractivity contribution in [3.8, 4) is 34.5 Å². The first-order valence-electron chi connectivity index (χ1n) is 30.3. The number of carbonyl (C=O) groups excluding carboxylic acids is 1. The lowest BCUT2D eigenvalue weighted by molar-refractivity contribution is -0.0908. The van der Waals surface area contributed by atoms with Crippen LogP contribution in [0.25, 0.3) is 0 Å². The fourth-order valence-electron chi connectivity index (χ4n) is 9.98. The number of sulfonamides is 2. The molecule has 0 bridgehead atoms. The number of carbonyl (C=O) groups is 1. The minimum Gasteiger partial charge on any atom is -0.487 e. The largest absolute Gasteiger partial charge is 0.487 e. The summed E-state index contributed by atoms with van der Waals surface area (Å²) in [5, 5.41) is 31.0. The Morgan fingerprint density at radius 2 is 1.12 bits per heavy atom. The van der Waals surface area contributed by atoms with Crippen molar-refractivity contribution in [3.63, 3.8) is 0 Å². The van der Waals surface area contributed by atoms with E-state index in [0.717, 1.165) is 8.61 Å². The predicted octanol–water partition coefficient (Wildman–Crippen LogP) is 7.97. The van der Waals surface area contributed by atoms with Crippen LogP contribution in [0.15, 0.2) is 105 Å². The van der Waals surface area contributed by atoms with E-state index in [9.17, 15) is 13.0 Å². The molecule has 6 heterocycles. The number of rotatable bonds is 27. The van der Waals surface area contributed by atoms with E-state index in [1.54, 1.807) is 41.5 Å². The van der Waals surface area contributed by atoms with Crippen molar-refractivity contribution in [3.05, 3.63) is 128 Å². The van der Waals surface area contributed by atoms with Gasteiger partial charge in [-0.05, 0) is 105 Å². The Bertz CT molecular complexity index is 3540. The van der Waals surface area contributed by atoms with Crippen LogP contribution in [-0.2, 0) is 60.2 Å². The van der Waals surface area contributed by atoms with Gasteiger partial charge < -0.3 is 52.8 Å². The molecule has 2 saturated heterocycles. The van der Waals surface area contributed by atoms with Gasteiger partial charge in [-0.2, -0.15) is 8.61 Å². The van der Waals surface area contributed by atoms with Crippen molar-refractivity contribution in [2.75, 3.05) is 53.0 Å². The van der Waals surface area contributed by atoms with E-state index in [0.29, 0.717) is 21.3 Å². The fourth-order valence-corrected chi connectivity index (χ4v) is 14.3. The molecule has 0 radical (unpaired) electrons. The highest BCUT2D eigenvalue weighted by Crippen LogP contribution is 2.38. The van der Waals surface area contributed by atoms with Gasteiger partial charge in [0, 0.05) is 49.1 Å². The SMILES string of the molecule is [2H]C([2H])(Oc1ccc(C[C@@]([2H])([C@H](O)CN(CC(C)C)S(=O)(=O)c2ccc3c(c2)OCO3)N(C(=O)O[C@H]2CO[C@H]3OCC[C@H]32)[C@@]([2H])(Cc2ccc(OC([2H])([2H])c3csc(C)n3)cc2)[C@H](O)CN(CC(C)C)S(=O)(=O)c2ccc3c(c2)OCO3)cc1)c1csc(C)n1. The third-order valence-electron chi connectivity index (χ3n) is 14.0. The van der Waals surface area contributed by atoms with E-state index in [1.165, 1.54) is 118 Å². The van der Waals surface area contributed by atoms with Crippen molar-refractivity contribution in [1.29, 1.82) is 0 Å². The summed E-state index contributed by atoms with van der Waals surface area (Å²) in [6, 6.07) is 13.1. The lowest BCUT2D eigenvalue weighted by atomic mass is 9.93. The van der Waals surface area contributed by atoms with E-state index in [-0.39, 0.29) is 107 Å². The molecule has 7 atom stereocenters. The summed E-state index contributed by atoms with van der Waals surface area (Å²) in [4.78, 5) is 24.6. The van der Waals surface area contributed by atoms with Gasteiger partial charge in [0.2, 0.25) is 33.6 Å². The van der Waals surface area contributed by atoms with Gasteiger partial charge in [-0.25, -0.2) is 31.6 Å². The molecule has 2 fully saturated rings. The zero-order valence-corrected chi connectivity index (χ0v) is 50.3. The van der Waals surface area contributed by atoms with Crippen molar-refractivity contribution in [2.24, 2.45) is 17.8 Å². The maximum absolute atomic E-state index is 16.1. The van der Waals surface area contributed by atoms with Crippen LogP contribution in [0.2, 0.25) is 0 Å². The van der Waals surface area contributed by atoms with Gasteiger partial charge in [0.25, 0.3) is 0 Å². The van der Waals surface area contributed by atoms with E-state index in [2.05, 4.69) is 9.97 Å². The maximum Gasteiger partial charge on any atom is 0.410 e. The van der Waals surface area contributed by atoms with Crippen LogP contribution in [0.1, 0.15) is 74.9 Å². The molecule has 4 aliphatic heterocycles. The van der Waals surface area contributed by atoms with Crippen LogP contribution in [0.3, 0.4) is 0 Å². The summed E-state index contributed by atoms with van der Waals surface area (Å²) >= 11 is 2.44. The third-order valence-corrected chi connectivity index (χ3v) is 19.2. The minimum absolute atomic E-state index is 0.00401.